The number of carbonyl (C=O) groups is 1. The number of halogens is 1. The van der Waals surface area contributed by atoms with E-state index in [1.54, 1.807) is 43.8 Å². The third kappa shape index (κ3) is 5.15. The minimum atomic E-state index is -0.219. The van der Waals surface area contributed by atoms with E-state index in [0.29, 0.717) is 36.6 Å². The Labute approximate surface area is 189 Å². The van der Waals surface area contributed by atoms with E-state index < -0.39 is 0 Å². The molecule has 0 aliphatic carbocycles. The van der Waals surface area contributed by atoms with E-state index in [1.807, 2.05) is 24.3 Å². The van der Waals surface area contributed by atoms with E-state index in [4.69, 9.17) is 9.72 Å². The molecule has 0 unspecified atom stereocenters. The number of hydrogen-bond donors (Lipinski definition) is 1. The van der Waals surface area contributed by atoms with Crippen LogP contribution in [0.4, 0.5) is 4.39 Å². The third-order valence-corrected chi connectivity index (χ3v) is 6.00. The summed E-state index contributed by atoms with van der Waals surface area (Å²) in [4.78, 5) is 21.2. The van der Waals surface area contributed by atoms with Crippen molar-refractivity contribution in [3.63, 3.8) is 0 Å². The van der Waals surface area contributed by atoms with Gasteiger partial charge in [0, 0.05) is 31.2 Å². The number of methoxy groups -OCH3 is 1. The van der Waals surface area contributed by atoms with Crippen LogP contribution in [-0.2, 0) is 17.0 Å². The van der Waals surface area contributed by atoms with Gasteiger partial charge in [-0.2, -0.15) is 0 Å². The van der Waals surface area contributed by atoms with Gasteiger partial charge in [0.2, 0.25) is 0 Å². The Balaban J connectivity index is 1.54. The molecule has 0 aliphatic heterocycles. The Hall–Kier alpha value is -3.23. The molecule has 1 amide bonds. The highest BCUT2D eigenvalue weighted by Crippen LogP contribution is 2.28. The summed E-state index contributed by atoms with van der Waals surface area (Å²) in [7, 11) is 1.60. The summed E-state index contributed by atoms with van der Waals surface area (Å²) in [5.74, 6) is 0.125. The lowest BCUT2D eigenvalue weighted by Gasteiger charge is -2.10. The quantitative estimate of drug-likeness (QED) is 0.304. The second kappa shape index (κ2) is 10.4. The summed E-state index contributed by atoms with van der Waals surface area (Å²) in [6.45, 7) is 1.50. The molecule has 0 fully saturated rings. The zero-order valence-electron chi connectivity index (χ0n) is 17.6. The fraction of sp³-hybridized carbons (Fsp3) is 0.208. The molecule has 2 aromatic carbocycles. The molecule has 32 heavy (non-hydrogen) atoms. The van der Waals surface area contributed by atoms with Gasteiger partial charge in [0.05, 0.1) is 30.4 Å². The molecule has 4 aromatic rings. The van der Waals surface area contributed by atoms with Gasteiger partial charge in [0.15, 0.2) is 5.16 Å². The van der Waals surface area contributed by atoms with Gasteiger partial charge in [-0.1, -0.05) is 42.1 Å². The molecule has 0 bridgehead atoms. The number of nitrogens with zero attached hydrogens (tertiary/aromatic N) is 3. The predicted octanol–water partition coefficient (Wildman–Crippen LogP) is 4.29. The molecular formula is C24H23FN4O2S. The molecule has 2 aromatic heterocycles. The molecule has 0 radical (unpaired) electrons. The maximum absolute atomic E-state index is 14.1. The molecule has 6 nitrogen and oxygen atoms in total. The van der Waals surface area contributed by atoms with Crippen LogP contribution in [0.1, 0.15) is 21.5 Å². The van der Waals surface area contributed by atoms with E-state index >= 15 is 0 Å². The van der Waals surface area contributed by atoms with Crippen molar-refractivity contribution in [2.45, 2.75) is 17.5 Å². The molecule has 2 heterocycles. The minimum Gasteiger partial charge on any atom is -0.383 e. The molecule has 0 atom stereocenters. The van der Waals surface area contributed by atoms with Crippen LogP contribution >= 0.6 is 11.8 Å². The van der Waals surface area contributed by atoms with Crippen LogP contribution in [0.25, 0.3) is 11.0 Å². The van der Waals surface area contributed by atoms with Gasteiger partial charge in [-0.3, -0.25) is 9.78 Å². The van der Waals surface area contributed by atoms with Gasteiger partial charge in [0.1, 0.15) is 5.82 Å². The predicted molar refractivity (Wildman–Crippen MR) is 123 cm³/mol. The molecule has 0 saturated heterocycles. The van der Waals surface area contributed by atoms with Crippen LogP contribution < -0.4 is 5.32 Å². The Kier molecular flexibility index (Phi) is 7.14. The second-order valence-electron chi connectivity index (χ2n) is 7.17. The van der Waals surface area contributed by atoms with Crippen molar-refractivity contribution in [1.29, 1.82) is 0 Å². The molecule has 0 aliphatic rings. The van der Waals surface area contributed by atoms with Gasteiger partial charge in [-0.25, -0.2) is 9.37 Å². The third-order valence-electron chi connectivity index (χ3n) is 4.98. The first-order valence-corrected chi connectivity index (χ1v) is 11.2. The number of rotatable bonds is 9. The molecular weight excluding hydrogens is 427 g/mol. The summed E-state index contributed by atoms with van der Waals surface area (Å²) in [6, 6.07) is 16.1. The number of imidazole rings is 1. The van der Waals surface area contributed by atoms with Crippen LogP contribution in [0.5, 0.6) is 0 Å². The maximum Gasteiger partial charge on any atom is 0.251 e. The number of aromatic nitrogens is 3. The highest BCUT2D eigenvalue weighted by Gasteiger charge is 2.14. The van der Waals surface area contributed by atoms with Crippen molar-refractivity contribution in [2.24, 2.45) is 0 Å². The van der Waals surface area contributed by atoms with Crippen molar-refractivity contribution in [3.05, 3.63) is 89.5 Å². The van der Waals surface area contributed by atoms with Crippen molar-refractivity contribution < 1.29 is 13.9 Å². The van der Waals surface area contributed by atoms with E-state index in [2.05, 4.69) is 14.9 Å². The largest absolute Gasteiger partial charge is 0.383 e. The van der Waals surface area contributed by atoms with Crippen LogP contribution in [0.3, 0.4) is 0 Å². The number of amides is 1. The minimum absolute atomic E-state index is 0.132. The summed E-state index contributed by atoms with van der Waals surface area (Å²) in [6.07, 6.45) is 3.50. The Bertz CT molecular complexity index is 1210. The van der Waals surface area contributed by atoms with E-state index in [1.165, 1.54) is 17.8 Å². The van der Waals surface area contributed by atoms with Crippen LogP contribution in [0, 0.1) is 5.82 Å². The first-order chi connectivity index (χ1) is 15.7. The summed E-state index contributed by atoms with van der Waals surface area (Å²) in [5.41, 5.74) is 4.00. The van der Waals surface area contributed by atoms with Gasteiger partial charge in [0.25, 0.3) is 5.91 Å². The highest BCUT2D eigenvalue weighted by molar-refractivity contribution is 7.98. The van der Waals surface area contributed by atoms with Gasteiger partial charge in [-0.05, 0) is 35.4 Å². The monoisotopic (exact) mass is 450 g/mol. The van der Waals surface area contributed by atoms with Crippen molar-refractivity contribution >= 4 is 28.7 Å². The van der Waals surface area contributed by atoms with E-state index in [9.17, 15) is 9.18 Å². The number of benzene rings is 2. The van der Waals surface area contributed by atoms with Crippen molar-refractivity contribution in [1.82, 2.24) is 19.9 Å². The number of thioether (sulfide) groups is 1. The van der Waals surface area contributed by atoms with Crippen LogP contribution in [0.2, 0.25) is 0 Å². The van der Waals surface area contributed by atoms with Crippen molar-refractivity contribution in [3.8, 4) is 0 Å². The average molecular weight is 451 g/mol. The van der Waals surface area contributed by atoms with Gasteiger partial charge in [-0.15, -0.1) is 0 Å². The molecule has 1 N–H and O–H groups in total. The summed E-state index contributed by atoms with van der Waals surface area (Å²) in [5, 5.41) is 3.60. The number of ether oxygens (including phenoxy) is 1. The number of nitrogens with one attached hydrogen (secondary N) is 1. The Morgan fingerprint density at radius 2 is 1.97 bits per heavy atom. The van der Waals surface area contributed by atoms with E-state index in [0.717, 1.165) is 21.8 Å². The van der Waals surface area contributed by atoms with E-state index in [-0.39, 0.29) is 11.7 Å². The molecule has 0 spiro atoms. The normalized spacial score (nSPS) is 11.1. The van der Waals surface area contributed by atoms with Crippen LogP contribution in [0.15, 0.2) is 72.1 Å². The summed E-state index contributed by atoms with van der Waals surface area (Å²) < 4.78 is 21.1. The number of carbonyl (C=O) groups excluding carboxylic acids is 1. The topological polar surface area (TPSA) is 69.0 Å². The lowest BCUT2D eigenvalue weighted by atomic mass is 10.1. The lowest BCUT2D eigenvalue weighted by Crippen LogP contribution is -2.26. The summed E-state index contributed by atoms with van der Waals surface area (Å²) >= 11 is 1.49. The zero-order valence-corrected chi connectivity index (χ0v) is 18.4. The van der Waals surface area contributed by atoms with Crippen LogP contribution in [-0.4, -0.2) is 40.7 Å². The smallest absolute Gasteiger partial charge is 0.251 e. The lowest BCUT2D eigenvalue weighted by molar-refractivity contribution is 0.0937. The standard InChI is InChI=1S/C24H23FN4O2S/c1-31-13-12-27-23(30)18-8-6-17(7-9-18)15-29-22-14-26-11-10-21(22)28-24(29)32-16-19-4-2-3-5-20(19)25/h2-11,14H,12-13,15-16H2,1H3,(H,27,30). The number of pyridine rings is 1. The number of hydrogen-bond acceptors (Lipinski definition) is 5. The first kappa shape index (κ1) is 22.0. The van der Waals surface area contributed by atoms with Gasteiger partial charge >= 0.3 is 0 Å². The zero-order chi connectivity index (χ0) is 22.3. The molecule has 164 valence electrons. The molecule has 0 saturated carbocycles. The SMILES string of the molecule is COCCNC(=O)c1ccc(Cn2c(SCc3ccccc3F)nc3ccncc32)cc1. The Morgan fingerprint density at radius 1 is 1.16 bits per heavy atom. The fourth-order valence-corrected chi connectivity index (χ4v) is 4.28. The Morgan fingerprint density at radius 3 is 2.75 bits per heavy atom. The second-order valence-corrected chi connectivity index (χ2v) is 8.11. The fourth-order valence-electron chi connectivity index (χ4n) is 3.28. The van der Waals surface area contributed by atoms with Crippen molar-refractivity contribution in [2.75, 3.05) is 20.3 Å². The maximum atomic E-state index is 14.1. The molecule has 4 rings (SSSR count). The number of fused-ring (bicyclic) bond motifs is 1. The molecule has 8 heteroatoms. The highest BCUT2D eigenvalue weighted by atomic mass is 32.2. The average Bonchev–Trinajstić information content (AvgIpc) is 3.16. The first-order valence-electron chi connectivity index (χ1n) is 10.2. The van der Waals surface area contributed by atoms with Gasteiger partial charge < -0.3 is 14.6 Å².